The van der Waals surface area contributed by atoms with Crippen molar-refractivity contribution in [1.29, 1.82) is 0 Å². The van der Waals surface area contributed by atoms with Crippen molar-refractivity contribution in [1.82, 2.24) is 9.97 Å². The van der Waals surface area contributed by atoms with E-state index in [1.54, 1.807) is 4.90 Å². The molecule has 5 nitrogen and oxygen atoms in total. The molecule has 0 aliphatic carbocycles. The van der Waals surface area contributed by atoms with Gasteiger partial charge in [-0.2, -0.15) is 13.2 Å². The first kappa shape index (κ1) is 15.9. The zero-order valence-electron chi connectivity index (χ0n) is 9.84. The van der Waals surface area contributed by atoms with Crippen LogP contribution < -0.4 is 10.6 Å². The number of nitrogens with two attached hydrogens (primary N) is 1. The predicted molar refractivity (Wildman–Crippen MR) is 65.1 cm³/mol. The van der Waals surface area contributed by atoms with Crippen molar-refractivity contribution in [3.8, 4) is 0 Å². The summed E-state index contributed by atoms with van der Waals surface area (Å²) in [6.07, 6.45) is -3.13. The first-order valence-electron chi connectivity index (χ1n) is 5.46. The number of piperidine rings is 1. The van der Waals surface area contributed by atoms with E-state index in [0.717, 1.165) is 12.4 Å². The van der Waals surface area contributed by atoms with Crippen LogP contribution >= 0.6 is 12.4 Å². The van der Waals surface area contributed by atoms with E-state index in [4.69, 9.17) is 5.73 Å². The van der Waals surface area contributed by atoms with Crippen molar-refractivity contribution < 1.29 is 18.3 Å². The minimum absolute atomic E-state index is 0. The van der Waals surface area contributed by atoms with Gasteiger partial charge in [0, 0.05) is 31.5 Å². The Labute approximate surface area is 114 Å². The van der Waals surface area contributed by atoms with E-state index in [0.29, 0.717) is 13.0 Å². The van der Waals surface area contributed by atoms with E-state index in [1.807, 2.05) is 0 Å². The lowest BCUT2D eigenvalue weighted by Crippen LogP contribution is -2.51. The summed E-state index contributed by atoms with van der Waals surface area (Å²) < 4.78 is 37.0. The highest BCUT2D eigenvalue weighted by atomic mass is 35.5. The number of rotatable bonds is 1. The Kier molecular flexibility index (Phi) is 4.94. The third-order valence-corrected chi connectivity index (χ3v) is 2.88. The summed E-state index contributed by atoms with van der Waals surface area (Å²) >= 11 is 0. The predicted octanol–water partition coefficient (Wildman–Crippen LogP) is 0.815. The fourth-order valence-corrected chi connectivity index (χ4v) is 1.76. The lowest BCUT2D eigenvalue weighted by atomic mass is 10.0. The summed E-state index contributed by atoms with van der Waals surface area (Å²) in [5, 5.41) is 9.59. The number of halogens is 4. The van der Waals surface area contributed by atoms with Crippen LogP contribution in [0.4, 0.5) is 19.1 Å². The van der Waals surface area contributed by atoms with Crippen LogP contribution in [0.25, 0.3) is 0 Å². The molecule has 2 atom stereocenters. The Morgan fingerprint density at radius 2 is 1.89 bits per heavy atom. The van der Waals surface area contributed by atoms with Gasteiger partial charge in [0.2, 0.25) is 5.95 Å². The first-order valence-corrected chi connectivity index (χ1v) is 5.46. The highest BCUT2D eigenvalue weighted by molar-refractivity contribution is 5.85. The van der Waals surface area contributed by atoms with Crippen molar-refractivity contribution in [2.75, 3.05) is 18.0 Å². The minimum atomic E-state index is -4.44. The summed E-state index contributed by atoms with van der Waals surface area (Å²) in [7, 11) is 0. The minimum Gasteiger partial charge on any atom is -0.390 e. The quantitative estimate of drug-likeness (QED) is 0.803. The summed E-state index contributed by atoms with van der Waals surface area (Å²) in [6, 6.07) is -0.310. The fraction of sp³-hybridized carbons (Fsp3) is 0.600. The Morgan fingerprint density at radius 1 is 1.32 bits per heavy atom. The van der Waals surface area contributed by atoms with Gasteiger partial charge in [-0.15, -0.1) is 12.4 Å². The normalized spacial score (nSPS) is 23.9. The summed E-state index contributed by atoms with van der Waals surface area (Å²) in [6.45, 7) is 0.746. The van der Waals surface area contributed by atoms with Crippen LogP contribution in [-0.2, 0) is 6.18 Å². The van der Waals surface area contributed by atoms with Crippen LogP contribution in [-0.4, -0.2) is 40.3 Å². The number of aliphatic hydroxyl groups excluding tert-OH is 1. The Hall–Kier alpha value is -1.12. The molecule has 0 bridgehead atoms. The SMILES string of the molecule is Cl.N[C@H]1CCN(c2ncc(C(F)(F)F)cn2)C[C@H]1O. The van der Waals surface area contributed by atoms with E-state index in [9.17, 15) is 18.3 Å². The number of aromatic nitrogens is 2. The average Bonchev–Trinajstić information content (AvgIpc) is 2.32. The number of alkyl halides is 3. The molecule has 0 saturated carbocycles. The molecule has 9 heteroatoms. The van der Waals surface area contributed by atoms with Gasteiger partial charge in [0.05, 0.1) is 11.7 Å². The Bertz CT molecular complexity index is 414. The van der Waals surface area contributed by atoms with Gasteiger partial charge in [0.25, 0.3) is 0 Å². The Balaban J connectivity index is 0.00000180. The zero-order chi connectivity index (χ0) is 13.3. The zero-order valence-corrected chi connectivity index (χ0v) is 10.7. The molecule has 1 aromatic rings. The van der Waals surface area contributed by atoms with Crippen LogP contribution in [0.15, 0.2) is 12.4 Å². The molecule has 1 saturated heterocycles. The van der Waals surface area contributed by atoms with Crippen LogP contribution in [0, 0.1) is 0 Å². The molecular formula is C10H14ClF3N4O. The smallest absolute Gasteiger partial charge is 0.390 e. The second-order valence-corrected chi connectivity index (χ2v) is 4.24. The molecule has 19 heavy (non-hydrogen) atoms. The molecule has 1 fully saturated rings. The molecular weight excluding hydrogens is 285 g/mol. The summed E-state index contributed by atoms with van der Waals surface area (Å²) in [5.74, 6) is 0.175. The molecule has 0 spiro atoms. The maximum Gasteiger partial charge on any atom is 0.419 e. The number of nitrogens with zero attached hydrogens (tertiary/aromatic N) is 3. The van der Waals surface area contributed by atoms with Crippen LogP contribution in [0.2, 0.25) is 0 Å². The van der Waals surface area contributed by atoms with E-state index < -0.39 is 17.8 Å². The molecule has 2 heterocycles. The highest BCUT2D eigenvalue weighted by Gasteiger charge is 2.32. The first-order chi connectivity index (χ1) is 8.38. The van der Waals surface area contributed by atoms with Crippen LogP contribution in [0.3, 0.4) is 0 Å². The fourth-order valence-electron chi connectivity index (χ4n) is 1.76. The van der Waals surface area contributed by atoms with Gasteiger partial charge in [-0.3, -0.25) is 0 Å². The van der Waals surface area contributed by atoms with Crippen molar-refractivity contribution in [3.63, 3.8) is 0 Å². The molecule has 0 amide bonds. The summed E-state index contributed by atoms with van der Waals surface area (Å²) in [4.78, 5) is 8.96. The second kappa shape index (κ2) is 5.89. The van der Waals surface area contributed by atoms with Crippen molar-refractivity contribution in [3.05, 3.63) is 18.0 Å². The maximum atomic E-state index is 12.3. The van der Waals surface area contributed by atoms with Crippen molar-refractivity contribution in [2.45, 2.75) is 24.7 Å². The van der Waals surface area contributed by atoms with Crippen molar-refractivity contribution in [2.24, 2.45) is 5.73 Å². The van der Waals surface area contributed by atoms with Gasteiger partial charge in [-0.1, -0.05) is 0 Å². The monoisotopic (exact) mass is 298 g/mol. The van der Waals surface area contributed by atoms with Gasteiger partial charge in [-0.05, 0) is 6.42 Å². The standard InChI is InChI=1S/C10H13F3N4O.ClH/c11-10(12,13)6-3-15-9(16-4-6)17-2-1-7(14)8(18)5-17;/h3-4,7-8,18H,1-2,5,14H2;1H/t7-,8+;/m0./s1. The highest BCUT2D eigenvalue weighted by Crippen LogP contribution is 2.28. The molecule has 1 aliphatic rings. The van der Waals surface area contributed by atoms with E-state index in [1.165, 1.54) is 0 Å². The number of anilines is 1. The third kappa shape index (κ3) is 3.68. The number of β-amino-alcohol motifs (C(OH)–C–C–N with tert-alkyl or cyclic N) is 1. The van der Waals surface area contributed by atoms with E-state index in [-0.39, 0.29) is 30.9 Å². The lowest BCUT2D eigenvalue weighted by molar-refractivity contribution is -0.138. The lowest BCUT2D eigenvalue weighted by Gasteiger charge is -2.33. The molecule has 2 rings (SSSR count). The molecule has 1 aliphatic heterocycles. The number of aliphatic hydroxyl groups is 1. The van der Waals surface area contributed by atoms with Gasteiger partial charge < -0.3 is 15.7 Å². The van der Waals surface area contributed by atoms with Gasteiger partial charge in [0.15, 0.2) is 0 Å². The molecule has 3 N–H and O–H groups in total. The molecule has 0 aromatic carbocycles. The maximum absolute atomic E-state index is 12.3. The molecule has 108 valence electrons. The summed E-state index contributed by atoms with van der Waals surface area (Å²) in [5.41, 5.74) is 4.75. The van der Waals surface area contributed by atoms with Crippen molar-refractivity contribution >= 4 is 18.4 Å². The third-order valence-electron chi connectivity index (χ3n) is 2.88. The Morgan fingerprint density at radius 3 is 2.37 bits per heavy atom. The topological polar surface area (TPSA) is 75.3 Å². The van der Waals surface area contributed by atoms with Gasteiger partial charge in [-0.25, -0.2) is 9.97 Å². The number of hydrogen-bond acceptors (Lipinski definition) is 5. The van der Waals surface area contributed by atoms with Crippen LogP contribution in [0.5, 0.6) is 0 Å². The molecule has 1 aromatic heterocycles. The number of hydrogen-bond donors (Lipinski definition) is 2. The van der Waals surface area contributed by atoms with Gasteiger partial charge in [0.1, 0.15) is 0 Å². The molecule has 0 radical (unpaired) electrons. The average molecular weight is 299 g/mol. The van der Waals surface area contributed by atoms with Crippen LogP contribution in [0.1, 0.15) is 12.0 Å². The van der Waals surface area contributed by atoms with E-state index >= 15 is 0 Å². The second-order valence-electron chi connectivity index (χ2n) is 4.24. The largest absolute Gasteiger partial charge is 0.419 e. The van der Waals surface area contributed by atoms with E-state index in [2.05, 4.69) is 9.97 Å². The molecule has 0 unspecified atom stereocenters. The van der Waals surface area contributed by atoms with Gasteiger partial charge >= 0.3 is 6.18 Å².